The Balaban J connectivity index is 1.92. The number of esters is 1. The summed E-state index contributed by atoms with van der Waals surface area (Å²) in [6, 6.07) is 2.03. The number of rotatable bonds is 14. The fraction of sp³-hybridized carbons (Fsp3) is 0.532. The molecule has 1 fully saturated rings. The van der Waals surface area contributed by atoms with Crippen molar-refractivity contribution >= 4 is 58.7 Å². The number of H-pyrrole nitrogens is 1. The quantitative estimate of drug-likeness (QED) is 0.0872. The van der Waals surface area contributed by atoms with Crippen LogP contribution in [0.15, 0.2) is 48.7 Å². The maximum Gasteiger partial charge on any atom is 0.329 e. The monoisotopic (exact) mass is 934 g/mol. The van der Waals surface area contributed by atoms with Gasteiger partial charge in [-0.2, -0.15) is 0 Å². The van der Waals surface area contributed by atoms with Gasteiger partial charge in [0.05, 0.1) is 20.3 Å². The van der Waals surface area contributed by atoms with Gasteiger partial charge in [-0.05, 0) is 74.1 Å². The van der Waals surface area contributed by atoms with Gasteiger partial charge in [-0.25, -0.2) is 4.79 Å². The Hall–Kier alpha value is -6.70. The summed E-state index contributed by atoms with van der Waals surface area (Å²) < 4.78 is 16.7. The normalized spacial score (nSPS) is 24.2. The van der Waals surface area contributed by atoms with E-state index in [4.69, 9.17) is 14.2 Å². The van der Waals surface area contributed by atoms with Gasteiger partial charge in [0.25, 0.3) is 0 Å². The van der Waals surface area contributed by atoms with Crippen molar-refractivity contribution in [2.45, 2.75) is 122 Å². The number of nitrogens with one attached hydrogen (secondary N) is 6. The molecule has 2 heterocycles. The van der Waals surface area contributed by atoms with E-state index in [9.17, 15) is 43.5 Å². The van der Waals surface area contributed by atoms with Crippen LogP contribution in [0.5, 0.6) is 11.5 Å². The number of hydrogen-bond acceptors (Lipinski definition) is 12. The summed E-state index contributed by atoms with van der Waals surface area (Å²) >= 11 is 0. The lowest BCUT2D eigenvalue weighted by molar-refractivity contribution is -0.162. The van der Waals surface area contributed by atoms with Crippen molar-refractivity contribution < 1.29 is 57.7 Å². The van der Waals surface area contributed by atoms with E-state index in [-0.39, 0.29) is 12.8 Å². The van der Waals surface area contributed by atoms with Crippen molar-refractivity contribution in [3.8, 4) is 11.5 Å². The third-order valence-electron chi connectivity index (χ3n) is 12.2. The first-order valence-electron chi connectivity index (χ1n) is 22.3. The van der Waals surface area contributed by atoms with Gasteiger partial charge in [-0.1, -0.05) is 46.2 Å². The molecule has 1 aliphatic rings. The van der Waals surface area contributed by atoms with Crippen LogP contribution in [0.3, 0.4) is 0 Å². The summed E-state index contributed by atoms with van der Waals surface area (Å²) in [5.41, 5.74) is 1.79. The van der Waals surface area contributed by atoms with Crippen LogP contribution in [0, 0.1) is 11.8 Å². The molecule has 0 spiro atoms. The predicted molar refractivity (Wildman–Crippen MR) is 246 cm³/mol. The first-order chi connectivity index (χ1) is 31.7. The van der Waals surface area contributed by atoms with Crippen LogP contribution in [0.25, 0.3) is 10.9 Å². The number of likely N-dealkylation sites (N-methyl/N-ethyl adjacent to an activating group) is 2. The van der Waals surface area contributed by atoms with E-state index in [2.05, 4.69) is 31.6 Å². The number of carbonyl (C=O) groups excluding carboxylic acids is 8. The zero-order valence-electron chi connectivity index (χ0n) is 40.0. The molecule has 10 atom stereocenters. The van der Waals surface area contributed by atoms with Crippen LogP contribution in [-0.2, 0) is 55.9 Å². The third-order valence-corrected chi connectivity index (χ3v) is 12.2. The van der Waals surface area contributed by atoms with E-state index in [0.717, 1.165) is 9.80 Å². The number of aromatic amines is 1. The van der Waals surface area contributed by atoms with Crippen molar-refractivity contribution in [2.75, 3.05) is 28.3 Å². The number of aliphatic hydroxyl groups is 1. The van der Waals surface area contributed by atoms with Gasteiger partial charge < -0.3 is 60.7 Å². The number of aliphatic hydroxyl groups excluding tert-OH is 1. The molecular weight excluding hydrogens is 869 g/mol. The Morgan fingerprint density at radius 3 is 2.07 bits per heavy atom. The van der Waals surface area contributed by atoms with E-state index in [1.54, 1.807) is 69.4 Å². The largest absolute Gasteiger partial charge is 0.497 e. The number of nitrogens with zero attached hydrogens (tertiary/aromatic N) is 2. The number of ether oxygens (including phenoxy) is 3. The fourth-order valence-corrected chi connectivity index (χ4v) is 7.98. The molecule has 1 aliphatic heterocycles. The number of cyclic esters (lactones) is 1. The van der Waals surface area contributed by atoms with Gasteiger partial charge in [-0.15, -0.1) is 0 Å². The number of carbonyl (C=O) groups is 8. The Labute approximate surface area is 390 Å². The van der Waals surface area contributed by atoms with Crippen LogP contribution in [0.2, 0.25) is 0 Å². The van der Waals surface area contributed by atoms with Crippen LogP contribution in [-0.4, -0.2) is 151 Å². The van der Waals surface area contributed by atoms with Gasteiger partial charge in [0.1, 0.15) is 59.9 Å². The molecule has 20 heteroatoms. The average Bonchev–Trinajstić information content (AvgIpc) is 3.70. The van der Waals surface area contributed by atoms with E-state index >= 15 is 0 Å². The molecule has 1 aromatic heterocycles. The first kappa shape index (κ1) is 52.9. The molecule has 0 saturated carbocycles. The van der Waals surface area contributed by atoms with Gasteiger partial charge in [0.15, 0.2) is 0 Å². The topological polar surface area (TPSA) is 267 Å². The Morgan fingerprint density at radius 1 is 0.851 bits per heavy atom. The minimum absolute atomic E-state index is 0.127. The second-order valence-corrected chi connectivity index (χ2v) is 17.4. The van der Waals surface area contributed by atoms with E-state index in [1.807, 2.05) is 6.92 Å². The second-order valence-electron chi connectivity index (χ2n) is 17.4. The van der Waals surface area contributed by atoms with E-state index in [1.165, 1.54) is 49.1 Å². The predicted octanol–water partition coefficient (Wildman–Crippen LogP) is 0.726. The smallest absolute Gasteiger partial charge is 0.329 e. The fourth-order valence-electron chi connectivity index (χ4n) is 7.98. The molecule has 7 N–H and O–H groups in total. The zero-order valence-corrected chi connectivity index (χ0v) is 40.0. The number of fused-ring (bicyclic) bond motifs is 1. The lowest BCUT2D eigenvalue weighted by Crippen LogP contribution is -2.62. The Kier molecular flexibility index (Phi) is 18.7. The van der Waals surface area contributed by atoms with Gasteiger partial charge in [0.2, 0.25) is 41.9 Å². The summed E-state index contributed by atoms with van der Waals surface area (Å²) in [7, 11) is 5.66. The highest BCUT2D eigenvalue weighted by Gasteiger charge is 2.42. The second kappa shape index (κ2) is 23.7. The molecule has 7 amide bonds. The Morgan fingerprint density at radius 2 is 1.49 bits per heavy atom. The zero-order chi connectivity index (χ0) is 49.9. The van der Waals surface area contributed by atoms with Crippen LogP contribution < -0.4 is 36.1 Å². The summed E-state index contributed by atoms with van der Waals surface area (Å²) in [6.45, 7) is 10.9. The van der Waals surface area contributed by atoms with Crippen molar-refractivity contribution in [1.82, 2.24) is 41.4 Å². The molecule has 2 aromatic carbocycles. The summed E-state index contributed by atoms with van der Waals surface area (Å²) in [5.74, 6) is -5.94. The average molecular weight is 935 g/mol. The summed E-state index contributed by atoms with van der Waals surface area (Å²) in [4.78, 5) is 117. The Bertz CT molecular complexity index is 2250. The van der Waals surface area contributed by atoms with Crippen molar-refractivity contribution in [3.63, 3.8) is 0 Å². The molecule has 0 radical (unpaired) electrons. The lowest BCUT2D eigenvalue weighted by Gasteiger charge is -2.36. The van der Waals surface area contributed by atoms with Gasteiger partial charge in [0, 0.05) is 44.0 Å². The van der Waals surface area contributed by atoms with Crippen molar-refractivity contribution in [2.24, 2.45) is 11.8 Å². The molecule has 0 bridgehead atoms. The molecule has 3 aromatic rings. The third kappa shape index (κ3) is 13.0. The van der Waals surface area contributed by atoms with E-state index < -0.39 is 108 Å². The highest BCUT2D eigenvalue weighted by atomic mass is 16.5. The van der Waals surface area contributed by atoms with Gasteiger partial charge >= 0.3 is 5.97 Å². The maximum atomic E-state index is 14.7. The molecule has 20 nitrogen and oxygen atoms in total. The van der Waals surface area contributed by atoms with Crippen molar-refractivity contribution in [3.05, 3.63) is 59.8 Å². The minimum atomic E-state index is -1.72. The minimum Gasteiger partial charge on any atom is -0.497 e. The summed E-state index contributed by atoms with van der Waals surface area (Å²) in [6.07, 6.45) is -0.974. The standard InChI is InChI=1S/C47H66N8O12/c1-12-25(4)40-44(61)52-38(27(6)57)46(63)54(8)36(20-30-22-48-34-18-17-32(66-11)21-33(30)34)47(64)67-28(7)39(53-42(59)37(24(2)3)49-23-56)43(60)51-35(19-29-13-15-31(65-10)16-14-29)41(58)50-26(5)45(62)55(40)9/h13-18,21-28,35-40,48,57H,12,19-20H2,1-11H3,(H,49,56)(H,50,58)(H,51,60)(H,52,61)(H,53,59). The van der Waals surface area contributed by atoms with Crippen LogP contribution >= 0.6 is 0 Å². The van der Waals surface area contributed by atoms with Crippen LogP contribution in [0.1, 0.15) is 66.0 Å². The SMILES string of the molecule is CCC(C)C1C(=O)NC(C(C)O)C(=O)N(C)C(Cc2c[nH]c3ccc(OC)cc23)C(=O)OC(C)C(NC(=O)C(NC=O)C(C)C)C(=O)NC(Cc2ccc(OC)cc2)C(=O)NC(C)C(=O)N1C. The first-order valence-corrected chi connectivity index (χ1v) is 22.3. The highest BCUT2D eigenvalue weighted by molar-refractivity contribution is 5.98. The molecule has 10 unspecified atom stereocenters. The molecule has 67 heavy (non-hydrogen) atoms. The number of amides is 7. The number of hydrogen-bond donors (Lipinski definition) is 7. The van der Waals surface area contributed by atoms with Crippen molar-refractivity contribution in [1.29, 1.82) is 0 Å². The molecule has 1 saturated heterocycles. The van der Waals surface area contributed by atoms with Gasteiger partial charge in [-0.3, -0.25) is 33.6 Å². The number of benzene rings is 2. The molecule has 0 aliphatic carbocycles. The highest BCUT2D eigenvalue weighted by Crippen LogP contribution is 2.27. The summed E-state index contributed by atoms with van der Waals surface area (Å²) in [5, 5.41) is 24.7. The maximum absolute atomic E-state index is 14.7. The lowest BCUT2D eigenvalue weighted by atomic mass is 9.95. The van der Waals surface area contributed by atoms with E-state index in [0.29, 0.717) is 46.4 Å². The molecule has 366 valence electrons. The van der Waals surface area contributed by atoms with Crippen LogP contribution in [0.4, 0.5) is 0 Å². The molecule has 4 rings (SSSR count). The molecular formula is C47H66N8O12. The number of methoxy groups -OCH3 is 2. The number of aromatic nitrogens is 1.